The van der Waals surface area contributed by atoms with E-state index in [0.29, 0.717) is 0 Å². The van der Waals surface area contributed by atoms with Gasteiger partial charge in [0.1, 0.15) is 0 Å². The number of nitrogens with zero attached hydrogens (tertiary/aromatic N) is 1. The van der Waals surface area contributed by atoms with Crippen molar-refractivity contribution in [1.29, 1.82) is 0 Å². The fourth-order valence-electron chi connectivity index (χ4n) is 8.80. The SMILES string of the molecule is c1cc(-c2cccc3ccccc23)cc(N(c2ccc(-c3ccc(-c4ccc5ccccc5c4)cc3)cc2)c2ccc3c4ccccc4c4ccccc4c3c2)c1. The number of hydrogen-bond donors (Lipinski definition) is 0. The molecule has 0 radical (unpaired) electrons. The lowest BCUT2D eigenvalue weighted by Crippen LogP contribution is -2.10. The summed E-state index contributed by atoms with van der Waals surface area (Å²) in [5, 5.41) is 12.6. The summed E-state index contributed by atoms with van der Waals surface area (Å²) in [6.07, 6.45) is 0. The van der Waals surface area contributed by atoms with E-state index in [2.05, 4.69) is 229 Å². The van der Waals surface area contributed by atoms with Gasteiger partial charge in [0.2, 0.25) is 0 Å². The molecule has 11 aromatic carbocycles. The quantitative estimate of drug-likeness (QED) is 0.154. The van der Waals surface area contributed by atoms with Gasteiger partial charge in [0.25, 0.3) is 0 Å². The van der Waals surface area contributed by atoms with E-state index >= 15 is 0 Å². The lowest BCUT2D eigenvalue weighted by Gasteiger charge is -2.27. The summed E-state index contributed by atoms with van der Waals surface area (Å²) in [4.78, 5) is 2.41. The minimum Gasteiger partial charge on any atom is -0.310 e. The molecule has 0 aliphatic carbocycles. The molecule has 0 fully saturated rings. The molecular weight excluding hydrogens is 687 g/mol. The highest BCUT2D eigenvalue weighted by molar-refractivity contribution is 6.25. The van der Waals surface area contributed by atoms with Crippen molar-refractivity contribution in [2.45, 2.75) is 0 Å². The first-order valence-corrected chi connectivity index (χ1v) is 19.7. The van der Waals surface area contributed by atoms with Crippen LogP contribution in [0, 0.1) is 0 Å². The van der Waals surface area contributed by atoms with Gasteiger partial charge in [-0.3, -0.25) is 0 Å². The van der Waals surface area contributed by atoms with Crippen LogP contribution in [-0.4, -0.2) is 0 Å². The van der Waals surface area contributed by atoms with Gasteiger partial charge in [-0.1, -0.05) is 182 Å². The Morgan fingerprint density at radius 2 is 0.684 bits per heavy atom. The average molecular weight is 724 g/mol. The van der Waals surface area contributed by atoms with Crippen molar-refractivity contribution in [3.05, 3.63) is 224 Å². The minimum absolute atomic E-state index is 1.10. The highest BCUT2D eigenvalue weighted by Gasteiger charge is 2.17. The Bertz CT molecular complexity index is 3240. The molecule has 0 aromatic heterocycles. The summed E-state index contributed by atoms with van der Waals surface area (Å²) in [5.74, 6) is 0. The lowest BCUT2D eigenvalue weighted by molar-refractivity contribution is 1.29. The minimum atomic E-state index is 1.10. The molecular formula is C56H37N. The van der Waals surface area contributed by atoms with E-state index in [1.807, 2.05) is 0 Å². The van der Waals surface area contributed by atoms with E-state index in [4.69, 9.17) is 0 Å². The highest BCUT2D eigenvalue weighted by Crippen LogP contribution is 2.42. The largest absolute Gasteiger partial charge is 0.310 e. The van der Waals surface area contributed by atoms with Gasteiger partial charge in [0, 0.05) is 17.1 Å². The van der Waals surface area contributed by atoms with Crippen LogP contribution < -0.4 is 4.90 Å². The molecule has 0 spiro atoms. The number of fused-ring (bicyclic) bond motifs is 8. The van der Waals surface area contributed by atoms with Gasteiger partial charge in [-0.15, -0.1) is 0 Å². The Labute approximate surface area is 332 Å². The molecule has 0 amide bonds. The molecule has 0 atom stereocenters. The summed E-state index contributed by atoms with van der Waals surface area (Å²) >= 11 is 0. The third-order valence-electron chi connectivity index (χ3n) is 11.6. The van der Waals surface area contributed by atoms with E-state index < -0.39 is 0 Å². The van der Waals surface area contributed by atoms with Crippen LogP contribution in [0.15, 0.2) is 224 Å². The van der Waals surface area contributed by atoms with E-state index in [1.165, 1.54) is 87.2 Å². The second-order valence-corrected chi connectivity index (χ2v) is 14.9. The molecule has 0 heterocycles. The monoisotopic (exact) mass is 723 g/mol. The molecule has 0 saturated heterocycles. The van der Waals surface area contributed by atoms with Gasteiger partial charge >= 0.3 is 0 Å². The van der Waals surface area contributed by atoms with E-state index in [0.717, 1.165) is 17.1 Å². The Hall–Kier alpha value is -7.48. The Kier molecular flexibility index (Phi) is 7.89. The average Bonchev–Trinajstić information content (AvgIpc) is 3.29. The van der Waals surface area contributed by atoms with Gasteiger partial charge in [0.15, 0.2) is 0 Å². The van der Waals surface area contributed by atoms with Crippen molar-refractivity contribution in [3.8, 4) is 33.4 Å². The van der Waals surface area contributed by atoms with Crippen LogP contribution in [0.5, 0.6) is 0 Å². The smallest absolute Gasteiger partial charge is 0.0468 e. The molecule has 0 bridgehead atoms. The standard InChI is InChI=1S/C56H37N/c1-2-13-43-35-44(28-27-38(43)11-1)41-25-23-39(24-26-41)40-29-31-46(32-30-40)57(47-16-9-15-45(36-47)50-22-10-14-42-12-3-4-17-49(42)50)48-33-34-55-53-20-6-5-18-51(53)52-19-7-8-21-54(52)56(55)37-48/h1-37H. The van der Waals surface area contributed by atoms with Gasteiger partial charge in [-0.2, -0.15) is 0 Å². The molecule has 266 valence electrons. The molecule has 0 saturated carbocycles. The van der Waals surface area contributed by atoms with Gasteiger partial charge < -0.3 is 4.90 Å². The first-order chi connectivity index (χ1) is 28.2. The maximum atomic E-state index is 2.41. The van der Waals surface area contributed by atoms with Crippen molar-refractivity contribution in [1.82, 2.24) is 0 Å². The predicted octanol–water partition coefficient (Wildman–Crippen LogP) is 15.9. The predicted molar refractivity (Wildman–Crippen MR) is 245 cm³/mol. The Morgan fingerprint density at radius 1 is 0.211 bits per heavy atom. The number of hydrogen-bond acceptors (Lipinski definition) is 1. The van der Waals surface area contributed by atoms with Gasteiger partial charge in [0.05, 0.1) is 0 Å². The zero-order chi connectivity index (χ0) is 37.7. The van der Waals surface area contributed by atoms with Crippen LogP contribution in [0.1, 0.15) is 0 Å². The Morgan fingerprint density at radius 3 is 1.39 bits per heavy atom. The summed E-state index contributed by atoms with van der Waals surface area (Å²) < 4.78 is 0. The van der Waals surface area contributed by atoms with Crippen LogP contribution in [0.2, 0.25) is 0 Å². The van der Waals surface area contributed by atoms with Crippen LogP contribution in [0.4, 0.5) is 17.1 Å². The zero-order valence-corrected chi connectivity index (χ0v) is 31.3. The van der Waals surface area contributed by atoms with Gasteiger partial charge in [-0.25, -0.2) is 0 Å². The summed E-state index contributed by atoms with van der Waals surface area (Å²) in [6, 6.07) is 82.1. The molecule has 1 nitrogen and oxygen atoms in total. The van der Waals surface area contributed by atoms with Crippen molar-refractivity contribution in [2.75, 3.05) is 4.90 Å². The van der Waals surface area contributed by atoms with Gasteiger partial charge in [-0.05, 0) is 130 Å². The normalized spacial score (nSPS) is 11.5. The second kappa shape index (κ2) is 13.7. The number of rotatable bonds is 6. The summed E-state index contributed by atoms with van der Waals surface area (Å²) in [7, 11) is 0. The zero-order valence-electron chi connectivity index (χ0n) is 31.3. The summed E-state index contributed by atoms with van der Waals surface area (Å²) in [6.45, 7) is 0. The first-order valence-electron chi connectivity index (χ1n) is 19.7. The fraction of sp³-hybridized carbons (Fsp3) is 0. The van der Waals surface area contributed by atoms with Crippen molar-refractivity contribution < 1.29 is 0 Å². The van der Waals surface area contributed by atoms with E-state index in [1.54, 1.807) is 0 Å². The summed E-state index contributed by atoms with van der Waals surface area (Å²) in [5.41, 5.74) is 10.6. The molecule has 0 N–H and O–H groups in total. The molecule has 11 rings (SSSR count). The second-order valence-electron chi connectivity index (χ2n) is 14.9. The maximum absolute atomic E-state index is 2.41. The van der Waals surface area contributed by atoms with Crippen LogP contribution in [-0.2, 0) is 0 Å². The van der Waals surface area contributed by atoms with Crippen LogP contribution >= 0.6 is 0 Å². The van der Waals surface area contributed by atoms with Crippen LogP contribution in [0.3, 0.4) is 0 Å². The molecule has 1 heteroatoms. The molecule has 57 heavy (non-hydrogen) atoms. The maximum Gasteiger partial charge on any atom is 0.0468 e. The van der Waals surface area contributed by atoms with E-state index in [-0.39, 0.29) is 0 Å². The first kappa shape index (κ1) is 32.9. The fourth-order valence-corrected chi connectivity index (χ4v) is 8.80. The highest BCUT2D eigenvalue weighted by atomic mass is 15.1. The number of anilines is 3. The number of benzene rings is 11. The van der Waals surface area contributed by atoms with Crippen molar-refractivity contribution >= 4 is 70.9 Å². The molecule has 0 aliphatic heterocycles. The van der Waals surface area contributed by atoms with Crippen molar-refractivity contribution in [3.63, 3.8) is 0 Å². The molecule has 11 aromatic rings. The van der Waals surface area contributed by atoms with Crippen molar-refractivity contribution in [2.24, 2.45) is 0 Å². The molecule has 0 aliphatic rings. The Balaban J connectivity index is 1.03. The topological polar surface area (TPSA) is 3.24 Å². The van der Waals surface area contributed by atoms with E-state index in [9.17, 15) is 0 Å². The third-order valence-corrected chi connectivity index (χ3v) is 11.6. The third kappa shape index (κ3) is 5.80. The van der Waals surface area contributed by atoms with Crippen LogP contribution in [0.25, 0.3) is 87.2 Å². The lowest BCUT2D eigenvalue weighted by atomic mass is 9.93. The molecule has 0 unspecified atom stereocenters.